The molecular weight excluding hydrogens is 252 g/mol. The second-order valence-corrected chi connectivity index (χ2v) is 3.54. The van der Waals surface area contributed by atoms with Crippen molar-refractivity contribution in [1.82, 2.24) is 0 Å². The van der Waals surface area contributed by atoms with Gasteiger partial charge in [0.05, 0.1) is 5.69 Å². The molecule has 0 saturated carbocycles. The monoisotopic (exact) mass is 261 g/mol. The molecule has 0 bridgehead atoms. The topological polar surface area (TPSA) is 3.24 Å². The molecule has 1 nitrogen and oxygen atoms in total. The van der Waals surface area contributed by atoms with Gasteiger partial charge in [-0.2, -0.15) is 0 Å². The zero-order valence-corrected chi connectivity index (χ0v) is 9.48. The fourth-order valence-electron chi connectivity index (χ4n) is 1.09. The lowest BCUT2D eigenvalue weighted by atomic mass is 10.1. The van der Waals surface area contributed by atoms with Crippen LogP contribution >= 0.6 is 15.9 Å². The summed E-state index contributed by atoms with van der Waals surface area (Å²) in [6.07, 6.45) is 1.46. The molecule has 0 heterocycles. The van der Waals surface area contributed by atoms with Gasteiger partial charge in [0.1, 0.15) is 11.6 Å². The Balaban J connectivity index is 3.23. The molecule has 0 atom stereocenters. The summed E-state index contributed by atoms with van der Waals surface area (Å²) in [5.74, 6) is -0.872. The van der Waals surface area contributed by atoms with E-state index in [9.17, 15) is 8.78 Å². The highest BCUT2D eigenvalue weighted by molar-refractivity contribution is 9.11. The number of halogens is 3. The molecule has 0 radical (unpaired) electrons. The maximum atomic E-state index is 13.3. The quantitative estimate of drug-likeness (QED) is 0.789. The van der Waals surface area contributed by atoms with Crippen molar-refractivity contribution in [2.45, 2.75) is 0 Å². The summed E-state index contributed by atoms with van der Waals surface area (Å²) in [5.41, 5.74) is 0.471. The second-order valence-electron chi connectivity index (χ2n) is 3.01. The highest BCUT2D eigenvalue weighted by atomic mass is 79.9. The summed E-state index contributed by atoms with van der Waals surface area (Å²) in [4.78, 5) is 3.01. The van der Waals surface area contributed by atoms with E-state index in [4.69, 9.17) is 0 Å². The van der Waals surface area contributed by atoms with Crippen molar-refractivity contribution < 1.29 is 8.78 Å². The summed E-state index contributed by atoms with van der Waals surface area (Å²) in [7, 11) is 3.33. The maximum Gasteiger partial charge on any atom is 0.147 e. The molecule has 0 spiro atoms. The van der Waals surface area contributed by atoms with Crippen molar-refractivity contribution >= 4 is 27.7 Å². The molecule has 1 aromatic rings. The molecule has 0 aliphatic carbocycles. The fourth-order valence-corrected chi connectivity index (χ4v) is 1.37. The first-order valence-corrected chi connectivity index (χ1v) is 4.91. The lowest BCUT2D eigenvalue weighted by Gasteiger charge is -2.14. The lowest BCUT2D eigenvalue weighted by molar-refractivity contribution is 0.597. The van der Waals surface area contributed by atoms with Gasteiger partial charge in [0.15, 0.2) is 0 Å². The summed E-state index contributed by atoms with van der Waals surface area (Å²) in [5, 5.41) is 0. The van der Waals surface area contributed by atoms with Gasteiger partial charge in [0.25, 0.3) is 0 Å². The molecular formula is C10H10BrF2N. The van der Waals surface area contributed by atoms with Crippen molar-refractivity contribution in [2.75, 3.05) is 19.0 Å². The Kier molecular flexibility index (Phi) is 3.63. The first-order chi connectivity index (χ1) is 6.56. The third-order valence-corrected chi connectivity index (χ3v) is 2.05. The predicted octanol–water partition coefficient (Wildman–Crippen LogP) is 3.40. The summed E-state index contributed by atoms with van der Waals surface area (Å²) in [6, 6.07) is 2.35. The van der Waals surface area contributed by atoms with Crippen LogP contribution in [0.2, 0.25) is 0 Å². The van der Waals surface area contributed by atoms with E-state index < -0.39 is 11.6 Å². The van der Waals surface area contributed by atoms with Crippen molar-refractivity contribution in [3.63, 3.8) is 0 Å². The molecule has 1 rings (SSSR count). The van der Waals surface area contributed by atoms with Gasteiger partial charge in [-0.05, 0) is 17.1 Å². The molecule has 0 saturated heterocycles. The third kappa shape index (κ3) is 2.32. The molecule has 1 aromatic carbocycles. The van der Waals surface area contributed by atoms with Gasteiger partial charge in [-0.15, -0.1) is 0 Å². The van der Waals surface area contributed by atoms with E-state index in [1.807, 2.05) is 0 Å². The van der Waals surface area contributed by atoms with Crippen LogP contribution in [0.15, 0.2) is 17.1 Å². The molecule has 0 unspecified atom stereocenters. The van der Waals surface area contributed by atoms with Crippen LogP contribution in [0, 0.1) is 11.6 Å². The van der Waals surface area contributed by atoms with Crippen LogP contribution in [-0.2, 0) is 0 Å². The predicted molar refractivity (Wildman–Crippen MR) is 58.6 cm³/mol. The number of hydrogen-bond donors (Lipinski definition) is 0. The molecule has 0 aliphatic heterocycles. The van der Waals surface area contributed by atoms with E-state index >= 15 is 0 Å². The first kappa shape index (κ1) is 11.2. The summed E-state index contributed by atoms with van der Waals surface area (Å²) >= 11 is 3.01. The minimum Gasteiger partial charge on any atom is -0.375 e. The highest BCUT2D eigenvalue weighted by Gasteiger charge is 2.09. The smallest absolute Gasteiger partial charge is 0.147 e. The molecule has 76 valence electrons. The van der Waals surface area contributed by atoms with Crippen molar-refractivity contribution in [2.24, 2.45) is 0 Å². The van der Waals surface area contributed by atoms with Crippen molar-refractivity contribution in [3.05, 3.63) is 34.3 Å². The number of benzene rings is 1. The van der Waals surface area contributed by atoms with Crippen LogP contribution in [0.4, 0.5) is 14.5 Å². The van der Waals surface area contributed by atoms with Crippen molar-refractivity contribution in [1.29, 1.82) is 0 Å². The maximum absolute atomic E-state index is 13.3. The Hall–Kier alpha value is -0.900. The molecule has 14 heavy (non-hydrogen) atoms. The number of anilines is 1. The summed E-state index contributed by atoms with van der Waals surface area (Å²) in [6.45, 7) is 0. The Labute approximate surface area is 90.2 Å². The molecule has 4 heteroatoms. The summed E-state index contributed by atoms with van der Waals surface area (Å²) < 4.78 is 26.7. The molecule has 0 N–H and O–H groups in total. The molecule has 0 aliphatic rings. The van der Waals surface area contributed by atoms with Crippen LogP contribution in [0.3, 0.4) is 0 Å². The normalized spacial score (nSPS) is 10.9. The SMILES string of the molecule is CN(C)c1cc(F)c(/C=C/Br)cc1F. The van der Waals surface area contributed by atoms with E-state index in [1.165, 1.54) is 28.1 Å². The van der Waals surface area contributed by atoms with Gasteiger partial charge < -0.3 is 4.90 Å². The average molecular weight is 262 g/mol. The Morgan fingerprint density at radius 3 is 2.36 bits per heavy atom. The van der Waals surface area contributed by atoms with Crippen LogP contribution in [0.5, 0.6) is 0 Å². The zero-order chi connectivity index (χ0) is 10.7. The van der Waals surface area contributed by atoms with E-state index in [0.717, 1.165) is 0 Å². The van der Waals surface area contributed by atoms with Gasteiger partial charge in [-0.3, -0.25) is 0 Å². The minimum atomic E-state index is -0.439. The average Bonchev–Trinajstić information content (AvgIpc) is 2.10. The lowest BCUT2D eigenvalue weighted by Crippen LogP contribution is -2.11. The van der Waals surface area contributed by atoms with Crippen LogP contribution in [-0.4, -0.2) is 14.1 Å². The Morgan fingerprint density at radius 2 is 1.86 bits per heavy atom. The first-order valence-electron chi connectivity index (χ1n) is 3.99. The van der Waals surface area contributed by atoms with Gasteiger partial charge in [0, 0.05) is 25.7 Å². The van der Waals surface area contributed by atoms with E-state index in [1.54, 1.807) is 14.1 Å². The number of nitrogens with zero attached hydrogens (tertiary/aromatic N) is 1. The van der Waals surface area contributed by atoms with Gasteiger partial charge in [-0.1, -0.05) is 15.9 Å². The zero-order valence-electron chi connectivity index (χ0n) is 7.89. The number of hydrogen-bond acceptors (Lipinski definition) is 1. The second kappa shape index (κ2) is 4.55. The third-order valence-electron chi connectivity index (χ3n) is 1.79. The fraction of sp³-hybridized carbons (Fsp3) is 0.200. The van der Waals surface area contributed by atoms with E-state index in [0.29, 0.717) is 0 Å². The Morgan fingerprint density at radius 1 is 1.21 bits per heavy atom. The molecule has 0 amide bonds. The standard InChI is InChI=1S/C10H10BrF2N/c1-14(2)10-6-8(12)7(3-4-11)5-9(10)13/h3-6H,1-2H3/b4-3+. The van der Waals surface area contributed by atoms with Crippen molar-refractivity contribution in [3.8, 4) is 0 Å². The highest BCUT2D eigenvalue weighted by Crippen LogP contribution is 2.22. The molecule has 0 aromatic heterocycles. The van der Waals surface area contributed by atoms with Gasteiger partial charge in [-0.25, -0.2) is 8.78 Å². The van der Waals surface area contributed by atoms with Gasteiger partial charge >= 0.3 is 0 Å². The minimum absolute atomic E-state index is 0.227. The Bertz CT molecular complexity index is 361. The van der Waals surface area contributed by atoms with Crippen LogP contribution in [0.1, 0.15) is 5.56 Å². The largest absolute Gasteiger partial charge is 0.375 e. The van der Waals surface area contributed by atoms with Crippen LogP contribution in [0.25, 0.3) is 6.08 Å². The van der Waals surface area contributed by atoms with Crippen LogP contribution < -0.4 is 4.90 Å². The van der Waals surface area contributed by atoms with E-state index in [-0.39, 0.29) is 11.3 Å². The van der Waals surface area contributed by atoms with Gasteiger partial charge in [0.2, 0.25) is 0 Å². The molecule has 0 fully saturated rings. The van der Waals surface area contributed by atoms with E-state index in [2.05, 4.69) is 15.9 Å². The number of rotatable bonds is 2.